The standard InChI is InChI=1S/C7H10O/c8-4-6-3-7(6)5-1-2-5/h4-7H,1-3H2/t6-,7-/m1/s1. The molecule has 0 spiro atoms. The number of carbonyl (C=O) groups is 1. The molecule has 0 aromatic heterocycles. The van der Waals surface area contributed by atoms with Crippen LogP contribution in [0.2, 0.25) is 0 Å². The fourth-order valence-corrected chi connectivity index (χ4v) is 1.46. The summed E-state index contributed by atoms with van der Waals surface area (Å²) in [5.41, 5.74) is 0. The largest absolute Gasteiger partial charge is 0.303 e. The average molecular weight is 110 g/mol. The van der Waals surface area contributed by atoms with Gasteiger partial charge < -0.3 is 4.79 Å². The van der Waals surface area contributed by atoms with Crippen molar-refractivity contribution in [3.8, 4) is 0 Å². The molecule has 2 rings (SSSR count). The molecule has 2 atom stereocenters. The number of carbonyl (C=O) groups excluding carboxylic acids is 1. The highest BCUT2D eigenvalue weighted by Gasteiger charge is 2.46. The van der Waals surface area contributed by atoms with Crippen molar-refractivity contribution in [1.82, 2.24) is 0 Å². The van der Waals surface area contributed by atoms with E-state index in [1.54, 1.807) is 0 Å². The maximum atomic E-state index is 10.1. The topological polar surface area (TPSA) is 17.1 Å². The zero-order valence-electron chi connectivity index (χ0n) is 4.84. The average Bonchev–Trinajstić information content (AvgIpc) is 2.62. The first kappa shape index (κ1) is 4.54. The summed E-state index contributed by atoms with van der Waals surface area (Å²) in [5.74, 6) is 2.26. The lowest BCUT2D eigenvalue weighted by Gasteiger charge is -1.82. The summed E-state index contributed by atoms with van der Waals surface area (Å²) in [5, 5.41) is 0. The van der Waals surface area contributed by atoms with Crippen LogP contribution in [0.5, 0.6) is 0 Å². The number of hydrogen-bond donors (Lipinski definition) is 0. The van der Waals surface area contributed by atoms with Crippen LogP contribution in [-0.2, 0) is 4.79 Å². The van der Waals surface area contributed by atoms with Gasteiger partial charge in [0.1, 0.15) is 6.29 Å². The zero-order valence-corrected chi connectivity index (χ0v) is 4.84. The number of hydrogen-bond acceptors (Lipinski definition) is 1. The molecule has 0 amide bonds. The molecule has 0 aromatic rings. The molecule has 0 aliphatic heterocycles. The van der Waals surface area contributed by atoms with Gasteiger partial charge in [-0.05, 0) is 31.1 Å². The van der Waals surface area contributed by atoms with E-state index in [1.807, 2.05) is 0 Å². The van der Waals surface area contributed by atoms with Crippen LogP contribution < -0.4 is 0 Å². The summed E-state index contributed by atoms with van der Waals surface area (Å²) in [6, 6.07) is 0. The highest BCUT2D eigenvalue weighted by atomic mass is 16.1. The lowest BCUT2D eigenvalue weighted by atomic mass is 10.2. The van der Waals surface area contributed by atoms with E-state index in [2.05, 4.69) is 0 Å². The maximum Gasteiger partial charge on any atom is 0.123 e. The summed E-state index contributed by atoms with van der Waals surface area (Å²) in [4.78, 5) is 10.1. The van der Waals surface area contributed by atoms with Gasteiger partial charge in [-0.25, -0.2) is 0 Å². The Balaban J connectivity index is 1.86. The Labute approximate surface area is 49.1 Å². The normalized spacial score (nSPS) is 44.0. The highest BCUT2D eigenvalue weighted by molar-refractivity contribution is 5.58. The summed E-state index contributed by atoms with van der Waals surface area (Å²) in [6.07, 6.45) is 5.13. The van der Waals surface area contributed by atoms with Gasteiger partial charge in [0.05, 0.1) is 0 Å². The van der Waals surface area contributed by atoms with Crippen LogP contribution in [0.1, 0.15) is 19.3 Å². The van der Waals surface area contributed by atoms with Gasteiger partial charge in [-0.15, -0.1) is 0 Å². The molecule has 0 unspecified atom stereocenters. The third-order valence-electron chi connectivity index (χ3n) is 2.29. The van der Waals surface area contributed by atoms with Crippen LogP contribution in [-0.4, -0.2) is 6.29 Å². The molecule has 8 heavy (non-hydrogen) atoms. The quantitative estimate of drug-likeness (QED) is 0.489. The Morgan fingerprint density at radius 2 is 2.12 bits per heavy atom. The minimum atomic E-state index is 0.475. The fraction of sp³-hybridized carbons (Fsp3) is 0.857. The molecule has 2 saturated carbocycles. The highest BCUT2D eigenvalue weighted by Crippen LogP contribution is 2.53. The first-order chi connectivity index (χ1) is 3.92. The third-order valence-corrected chi connectivity index (χ3v) is 2.29. The summed E-state index contributed by atoms with van der Waals surface area (Å²) in [6.45, 7) is 0. The second-order valence-corrected chi connectivity index (χ2v) is 3.04. The Morgan fingerprint density at radius 1 is 1.38 bits per heavy atom. The Kier molecular flexibility index (Phi) is 0.758. The van der Waals surface area contributed by atoms with Gasteiger partial charge in [-0.1, -0.05) is 0 Å². The summed E-state index contributed by atoms with van der Waals surface area (Å²) < 4.78 is 0. The van der Waals surface area contributed by atoms with Gasteiger partial charge in [0, 0.05) is 5.92 Å². The van der Waals surface area contributed by atoms with Crippen molar-refractivity contribution in [3.63, 3.8) is 0 Å². The molecule has 0 aromatic carbocycles. The Bertz CT molecular complexity index is 116. The van der Waals surface area contributed by atoms with E-state index in [9.17, 15) is 4.79 Å². The molecule has 0 saturated heterocycles. The van der Waals surface area contributed by atoms with Crippen molar-refractivity contribution in [2.24, 2.45) is 17.8 Å². The van der Waals surface area contributed by atoms with E-state index >= 15 is 0 Å². The minimum absolute atomic E-state index is 0.475. The first-order valence-electron chi connectivity index (χ1n) is 3.37. The Morgan fingerprint density at radius 3 is 2.50 bits per heavy atom. The molecule has 2 aliphatic rings. The smallest absolute Gasteiger partial charge is 0.123 e. The predicted octanol–water partition coefficient (Wildman–Crippen LogP) is 1.23. The fourth-order valence-electron chi connectivity index (χ4n) is 1.46. The van der Waals surface area contributed by atoms with E-state index in [0.29, 0.717) is 5.92 Å². The van der Waals surface area contributed by atoms with E-state index in [-0.39, 0.29) is 0 Å². The monoisotopic (exact) mass is 110 g/mol. The Hall–Kier alpha value is -0.330. The van der Waals surface area contributed by atoms with Gasteiger partial charge >= 0.3 is 0 Å². The van der Waals surface area contributed by atoms with Gasteiger partial charge in [0.25, 0.3) is 0 Å². The maximum absolute atomic E-state index is 10.1. The predicted molar refractivity (Wildman–Crippen MR) is 30.4 cm³/mol. The van der Waals surface area contributed by atoms with Gasteiger partial charge in [-0.2, -0.15) is 0 Å². The molecular formula is C7H10O. The second kappa shape index (κ2) is 1.34. The molecule has 0 radical (unpaired) electrons. The number of aldehydes is 1. The van der Waals surface area contributed by atoms with Crippen LogP contribution in [0.15, 0.2) is 0 Å². The van der Waals surface area contributed by atoms with Crippen molar-refractivity contribution < 1.29 is 4.79 Å². The van der Waals surface area contributed by atoms with Crippen molar-refractivity contribution >= 4 is 6.29 Å². The van der Waals surface area contributed by atoms with Crippen molar-refractivity contribution in [2.75, 3.05) is 0 Å². The van der Waals surface area contributed by atoms with E-state index in [0.717, 1.165) is 18.1 Å². The second-order valence-electron chi connectivity index (χ2n) is 3.04. The summed E-state index contributed by atoms with van der Waals surface area (Å²) >= 11 is 0. The number of rotatable bonds is 2. The van der Waals surface area contributed by atoms with Crippen molar-refractivity contribution in [1.29, 1.82) is 0 Å². The molecule has 0 bridgehead atoms. The SMILES string of the molecule is O=C[C@H]1C[C@@H]1C1CC1. The van der Waals surface area contributed by atoms with Crippen LogP contribution in [0.4, 0.5) is 0 Å². The first-order valence-corrected chi connectivity index (χ1v) is 3.37. The molecule has 0 N–H and O–H groups in total. The molecule has 1 nitrogen and oxygen atoms in total. The lowest BCUT2D eigenvalue weighted by Crippen LogP contribution is -1.83. The lowest BCUT2D eigenvalue weighted by molar-refractivity contribution is -0.109. The molecule has 2 aliphatic carbocycles. The molecule has 2 fully saturated rings. The molecule has 0 heterocycles. The third kappa shape index (κ3) is 0.575. The van der Waals surface area contributed by atoms with E-state index < -0.39 is 0 Å². The zero-order chi connectivity index (χ0) is 5.56. The van der Waals surface area contributed by atoms with Crippen LogP contribution in [0, 0.1) is 17.8 Å². The van der Waals surface area contributed by atoms with Crippen molar-refractivity contribution in [3.05, 3.63) is 0 Å². The minimum Gasteiger partial charge on any atom is -0.303 e. The van der Waals surface area contributed by atoms with Crippen LogP contribution >= 0.6 is 0 Å². The molecular weight excluding hydrogens is 100 g/mol. The van der Waals surface area contributed by atoms with Gasteiger partial charge in [-0.3, -0.25) is 0 Å². The summed E-state index contributed by atoms with van der Waals surface area (Å²) in [7, 11) is 0. The van der Waals surface area contributed by atoms with Gasteiger partial charge in [0.2, 0.25) is 0 Å². The molecule has 1 heteroatoms. The van der Waals surface area contributed by atoms with E-state index in [4.69, 9.17) is 0 Å². The van der Waals surface area contributed by atoms with Gasteiger partial charge in [0.15, 0.2) is 0 Å². The van der Waals surface area contributed by atoms with E-state index in [1.165, 1.54) is 19.3 Å². The molecule has 44 valence electrons. The van der Waals surface area contributed by atoms with Crippen molar-refractivity contribution in [2.45, 2.75) is 19.3 Å². The van der Waals surface area contributed by atoms with Crippen LogP contribution in [0.25, 0.3) is 0 Å². The van der Waals surface area contributed by atoms with Crippen LogP contribution in [0.3, 0.4) is 0 Å².